The van der Waals surface area contributed by atoms with Gasteiger partial charge in [0.25, 0.3) is 0 Å². The second-order valence-corrected chi connectivity index (χ2v) is 8.87. The lowest BCUT2D eigenvalue weighted by Gasteiger charge is -2.37. The van der Waals surface area contributed by atoms with Crippen molar-refractivity contribution in [2.24, 2.45) is 4.99 Å². The molecular formula is C23H38IN5O2. The maximum atomic E-state index is 12.4. The lowest BCUT2D eigenvalue weighted by atomic mass is 9.84. The summed E-state index contributed by atoms with van der Waals surface area (Å²) < 4.78 is 5.38. The van der Waals surface area contributed by atoms with Gasteiger partial charge < -0.3 is 19.9 Å². The van der Waals surface area contributed by atoms with Crippen LogP contribution in [0.3, 0.4) is 0 Å². The average Bonchev–Trinajstić information content (AvgIpc) is 3.30. The van der Waals surface area contributed by atoms with Crippen LogP contribution in [0, 0.1) is 0 Å². The van der Waals surface area contributed by atoms with E-state index in [1.807, 2.05) is 24.1 Å². The summed E-state index contributed by atoms with van der Waals surface area (Å²) >= 11 is 0. The van der Waals surface area contributed by atoms with Crippen LogP contribution in [-0.2, 0) is 10.2 Å². The second-order valence-electron chi connectivity index (χ2n) is 8.87. The van der Waals surface area contributed by atoms with Gasteiger partial charge in [-0.25, -0.2) is 0 Å². The monoisotopic (exact) mass is 543 g/mol. The number of halogens is 1. The smallest absolute Gasteiger partial charge is 0.236 e. The van der Waals surface area contributed by atoms with Gasteiger partial charge in [-0.1, -0.05) is 26.0 Å². The Morgan fingerprint density at radius 3 is 2.39 bits per heavy atom. The molecule has 2 saturated heterocycles. The third-order valence-electron chi connectivity index (χ3n) is 6.24. The number of likely N-dealkylation sites (tertiary alicyclic amines) is 1. The minimum absolute atomic E-state index is 0. The van der Waals surface area contributed by atoms with Gasteiger partial charge in [0, 0.05) is 58.3 Å². The molecule has 7 nitrogen and oxygen atoms in total. The highest BCUT2D eigenvalue weighted by Gasteiger charge is 2.26. The van der Waals surface area contributed by atoms with E-state index in [0.717, 1.165) is 70.4 Å². The van der Waals surface area contributed by atoms with Crippen molar-refractivity contribution in [1.29, 1.82) is 0 Å². The van der Waals surface area contributed by atoms with Crippen LogP contribution in [0.25, 0.3) is 0 Å². The van der Waals surface area contributed by atoms with Crippen molar-refractivity contribution in [2.75, 3.05) is 66.5 Å². The largest absolute Gasteiger partial charge is 0.497 e. The molecule has 0 saturated carbocycles. The quantitative estimate of drug-likeness (QED) is 0.340. The number of amides is 1. The maximum Gasteiger partial charge on any atom is 0.236 e. The number of hydrogen-bond donors (Lipinski definition) is 1. The Labute approximate surface area is 204 Å². The minimum Gasteiger partial charge on any atom is -0.497 e. The van der Waals surface area contributed by atoms with Crippen molar-refractivity contribution >= 4 is 35.8 Å². The van der Waals surface area contributed by atoms with Crippen LogP contribution in [0.15, 0.2) is 29.3 Å². The summed E-state index contributed by atoms with van der Waals surface area (Å²) in [5.74, 6) is 2.09. The third-order valence-corrected chi connectivity index (χ3v) is 6.24. The summed E-state index contributed by atoms with van der Waals surface area (Å²) in [4.78, 5) is 23.5. The van der Waals surface area contributed by atoms with Gasteiger partial charge in [0.2, 0.25) is 5.91 Å². The molecule has 0 bridgehead atoms. The first kappa shape index (κ1) is 25.7. The van der Waals surface area contributed by atoms with E-state index in [0.29, 0.717) is 6.54 Å². The van der Waals surface area contributed by atoms with Crippen molar-refractivity contribution in [2.45, 2.75) is 32.1 Å². The second kappa shape index (κ2) is 11.9. The van der Waals surface area contributed by atoms with E-state index in [1.54, 1.807) is 7.11 Å². The molecule has 1 aromatic rings. The Morgan fingerprint density at radius 2 is 1.77 bits per heavy atom. The molecule has 2 heterocycles. The molecule has 0 spiro atoms. The van der Waals surface area contributed by atoms with E-state index in [1.165, 1.54) is 5.56 Å². The van der Waals surface area contributed by atoms with Crippen molar-refractivity contribution < 1.29 is 9.53 Å². The number of nitrogens with zero attached hydrogens (tertiary/aromatic N) is 4. The molecule has 2 aliphatic rings. The SMILES string of the molecule is CN=C(NCC(C)(C)c1cccc(OC)c1)N1CCN(CC(=O)N2CCCC2)CC1.I. The number of methoxy groups -OCH3 is 1. The Bertz CT molecular complexity index is 741. The van der Waals surface area contributed by atoms with Crippen molar-refractivity contribution in [3.8, 4) is 5.75 Å². The number of benzene rings is 1. The molecule has 8 heteroatoms. The normalized spacial score (nSPS) is 18.0. The van der Waals surface area contributed by atoms with E-state index >= 15 is 0 Å². The molecule has 3 rings (SSSR count). The summed E-state index contributed by atoms with van der Waals surface area (Å²) in [5, 5.41) is 3.56. The summed E-state index contributed by atoms with van der Waals surface area (Å²) in [7, 11) is 3.54. The predicted octanol–water partition coefficient (Wildman–Crippen LogP) is 2.41. The van der Waals surface area contributed by atoms with Crippen LogP contribution in [0.4, 0.5) is 0 Å². The van der Waals surface area contributed by atoms with Crippen LogP contribution in [0.2, 0.25) is 0 Å². The summed E-state index contributed by atoms with van der Waals surface area (Å²) in [6, 6.07) is 8.25. The first-order valence-corrected chi connectivity index (χ1v) is 11.0. The molecule has 0 radical (unpaired) electrons. The number of aliphatic imine (C=N–C) groups is 1. The summed E-state index contributed by atoms with van der Waals surface area (Å²) in [6.45, 7) is 11.2. The van der Waals surface area contributed by atoms with E-state index in [4.69, 9.17) is 4.74 Å². The molecule has 0 atom stereocenters. The molecule has 0 aromatic heterocycles. The highest BCUT2D eigenvalue weighted by Crippen LogP contribution is 2.25. The Morgan fingerprint density at radius 1 is 1.10 bits per heavy atom. The zero-order valence-corrected chi connectivity index (χ0v) is 21.7. The number of guanidine groups is 1. The zero-order valence-electron chi connectivity index (χ0n) is 19.4. The average molecular weight is 543 g/mol. The van der Waals surface area contributed by atoms with E-state index in [-0.39, 0.29) is 35.3 Å². The molecule has 0 aliphatic carbocycles. The number of hydrogen-bond acceptors (Lipinski definition) is 4. The van der Waals surface area contributed by atoms with Gasteiger partial charge in [0.15, 0.2) is 5.96 Å². The number of carbonyl (C=O) groups is 1. The van der Waals surface area contributed by atoms with Crippen LogP contribution < -0.4 is 10.1 Å². The number of rotatable bonds is 6. The van der Waals surface area contributed by atoms with Crippen LogP contribution in [0.1, 0.15) is 32.3 Å². The highest BCUT2D eigenvalue weighted by molar-refractivity contribution is 14.0. The van der Waals surface area contributed by atoms with E-state index in [2.05, 4.69) is 46.1 Å². The maximum absolute atomic E-state index is 12.4. The highest BCUT2D eigenvalue weighted by atomic mass is 127. The molecule has 174 valence electrons. The Hall–Kier alpha value is -1.55. The molecule has 2 fully saturated rings. The van der Waals surface area contributed by atoms with Gasteiger partial charge in [-0.15, -0.1) is 24.0 Å². The standard InChI is InChI=1S/C23H37N5O2.HI/c1-23(2,19-8-7-9-20(16-19)30-4)18-25-22(24-3)28-14-12-26(13-15-28)17-21(29)27-10-5-6-11-27;/h7-9,16H,5-6,10-15,17-18H2,1-4H3,(H,24,25);1H. The molecule has 2 aliphatic heterocycles. The minimum atomic E-state index is -0.0611. The summed E-state index contributed by atoms with van der Waals surface area (Å²) in [6.07, 6.45) is 2.29. The van der Waals surface area contributed by atoms with Gasteiger partial charge >= 0.3 is 0 Å². The van der Waals surface area contributed by atoms with E-state index < -0.39 is 0 Å². The Kier molecular flexibility index (Phi) is 9.87. The van der Waals surface area contributed by atoms with Gasteiger partial charge in [0.1, 0.15) is 5.75 Å². The first-order valence-electron chi connectivity index (χ1n) is 11.0. The lowest BCUT2D eigenvalue weighted by Crippen LogP contribution is -2.55. The molecular weight excluding hydrogens is 505 g/mol. The fraction of sp³-hybridized carbons (Fsp3) is 0.652. The predicted molar refractivity (Wildman–Crippen MR) is 137 cm³/mol. The zero-order chi connectivity index (χ0) is 21.6. The van der Waals surface area contributed by atoms with Gasteiger partial charge in [-0.3, -0.25) is 14.7 Å². The van der Waals surface area contributed by atoms with Gasteiger partial charge in [-0.2, -0.15) is 0 Å². The number of carbonyl (C=O) groups excluding carboxylic acids is 1. The topological polar surface area (TPSA) is 60.4 Å². The first-order chi connectivity index (χ1) is 14.4. The Balaban J connectivity index is 0.00000341. The lowest BCUT2D eigenvalue weighted by molar-refractivity contribution is -0.131. The van der Waals surface area contributed by atoms with Crippen LogP contribution in [0.5, 0.6) is 5.75 Å². The van der Waals surface area contributed by atoms with Crippen LogP contribution in [-0.4, -0.2) is 93.1 Å². The number of nitrogens with one attached hydrogen (secondary N) is 1. The van der Waals surface area contributed by atoms with Gasteiger partial charge in [-0.05, 0) is 30.5 Å². The van der Waals surface area contributed by atoms with Crippen molar-refractivity contribution in [3.05, 3.63) is 29.8 Å². The molecule has 1 N–H and O–H groups in total. The van der Waals surface area contributed by atoms with Crippen LogP contribution >= 0.6 is 24.0 Å². The fourth-order valence-corrected chi connectivity index (χ4v) is 4.15. The molecule has 0 unspecified atom stereocenters. The molecule has 1 amide bonds. The van der Waals surface area contributed by atoms with Crippen molar-refractivity contribution in [3.63, 3.8) is 0 Å². The number of piperazine rings is 1. The number of ether oxygens (including phenoxy) is 1. The molecule has 1 aromatic carbocycles. The fourth-order valence-electron chi connectivity index (χ4n) is 4.15. The van der Waals surface area contributed by atoms with Gasteiger partial charge in [0.05, 0.1) is 13.7 Å². The molecule has 31 heavy (non-hydrogen) atoms. The third kappa shape index (κ3) is 6.97. The van der Waals surface area contributed by atoms with Crippen molar-refractivity contribution in [1.82, 2.24) is 20.0 Å². The van der Waals surface area contributed by atoms with E-state index in [9.17, 15) is 4.79 Å². The summed E-state index contributed by atoms with van der Waals surface area (Å²) in [5.41, 5.74) is 1.17.